The summed E-state index contributed by atoms with van der Waals surface area (Å²) in [6, 6.07) is 12.3. The summed E-state index contributed by atoms with van der Waals surface area (Å²) in [5, 5.41) is 17.1. The Hall–Kier alpha value is -1.65. The molecule has 0 amide bonds. The maximum absolute atomic E-state index is 9.46. The van der Waals surface area contributed by atoms with Crippen LogP contribution in [0.2, 0.25) is 0 Å². The van der Waals surface area contributed by atoms with Crippen molar-refractivity contribution in [3.63, 3.8) is 0 Å². The molecule has 0 bridgehead atoms. The number of benzene rings is 1. The zero-order valence-corrected chi connectivity index (χ0v) is 11.3. The highest BCUT2D eigenvalue weighted by Crippen LogP contribution is 2.04. The van der Waals surface area contributed by atoms with Crippen LogP contribution in [0, 0.1) is 0 Å². The summed E-state index contributed by atoms with van der Waals surface area (Å²) < 4.78 is 1.96. The van der Waals surface area contributed by atoms with Gasteiger partial charge in [-0.2, -0.15) is 5.10 Å². The normalized spacial score (nSPS) is 12.5. The SMILES string of the molecule is CCn1nccc1CNC(CO)Cc1ccccc1. The van der Waals surface area contributed by atoms with Crippen molar-refractivity contribution < 1.29 is 5.11 Å². The van der Waals surface area contributed by atoms with Crippen molar-refractivity contribution >= 4 is 0 Å². The molecule has 0 aliphatic heterocycles. The summed E-state index contributed by atoms with van der Waals surface area (Å²) in [6.07, 6.45) is 2.64. The van der Waals surface area contributed by atoms with Gasteiger partial charge in [0, 0.05) is 25.3 Å². The maximum Gasteiger partial charge on any atom is 0.0588 e. The van der Waals surface area contributed by atoms with Crippen molar-refractivity contribution in [1.82, 2.24) is 15.1 Å². The lowest BCUT2D eigenvalue weighted by atomic mass is 10.1. The Morgan fingerprint density at radius 1 is 1.26 bits per heavy atom. The van der Waals surface area contributed by atoms with Crippen molar-refractivity contribution in [3.8, 4) is 0 Å². The summed E-state index contributed by atoms with van der Waals surface area (Å²) in [6.45, 7) is 3.80. The third kappa shape index (κ3) is 3.91. The molecule has 0 saturated heterocycles. The van der Waals surface area contributed by atoms with E-state index < -0.39 is 0 Å². The molecular weight excluding hydrogens is 238 g/mol. The molecule has 19 heavy (non-hydrogen) atoms. The Bertz CT molecular complexity index is 481. The average molecular weight is 259 g/mol. The van der Waals surface area contributed by atoms with E-state index in [1.165, 1.54) is 5.56 Å². The topological polar surface area (TPSA) is 50.1 Å². The molecule has 0 aliphatic carbocycles. The zero-order valence-electron chi connectivity index (χ0n) is 11.3. The molecule has 0 fully saturated rings. The highest BCUT2D eigenvalue weighted by molar-refractivity contribution is 5.16. The number of nitrogens with zero attached hydrogens (tertiary/aromatic N) is 2. The second-order valence-electron chi connectivity index (χ2n) is 4.59. The van der Waals surface area contributed by atoms with Crippen LogP contribution < -0.4 is 5.32 Å². The highest BCUT2D eigenvalue weighted by Gasteiger charge is 2.09. The van der Waals surface area contributed by atoms with E-state index in [9.17, 15) is 5.11 Å². The minimum absolute atomic E-state index is 0.0719. The fraction of sp³-hybridized carbons (Fsp3) is 0.400. The standard InChI is InChI=1S/C15H21N3O/c1-2-18-15(8-9-17-18)11-16-14(12-19)10-13-6-4-3-5-7-13/h3-9,14,16,19H,2,10-12H2,1H3. The number of hydrogen-bond acceptors (Lipinski definition) is 3. The van der Waals surface area contributed by atoms with E-state index in [-0.39, 0.29) is 12.6 Å². The van der Waals surface area contributed by atoms with E-state index >= 15 is 0 Å². The molecule has 0 radical (unpaired) electrons. The molecule has 1 atom stereocenters. The molecular formula is C15H21N3O. The lowest BCUT2D eigenvalue weighted by Crippen LogP contribution is -2.34. The second-order valence-corrected chi connectivity index (χ2v) is 4.59. The van der Waals surface area contributed by atoms with Crippen LogP contribution in [0.5, 0.6) is 0 Å². The van der Waals surface area contributed by atoms with Gasteiger partial charge >= 0.3 is 0 Å². The fourth-order valence-electron chi connectivity index (χ4n) is 2.14. The Labute approximate surface area is 114 Å². The molecule has 2 aromatic rings. The number of aliphatic hydroxyl groups excluding tert-OH is 1. The van der Waals surface area contributed by atoms with E-state index in [0.29, 0.717) is 0 Å². The van der Waals surface area contributed by atoms with Crippen LogP contribution in [0.15, 0.2) is 42.6 Å². The molecule has 1 heterocycles. The Balaban J connectivity index is 1.89. The van der Waals surface area contributed by atoms with E-state index in [4.69, 9.17) is 0 Å². The van der Waals surface area contributed by atoms with Crippen molar-refractivity contribution in [2.45, 2.75) is 32.5 Å². The van der Waals surface area contributed by atoms with Gasteiger partial charge in [0.2, 0.25) is 0 Å². The lowest BCUT2D eigenvalue weighted by molar-refractivity contribution is 0.240. The van der Waals surface area contributed by atoms with Gasteiger partial charge in [-0.3, -0.25) is 4.68 Å². The third-order valence-corrected chi connectivity index (χ3v) is 3.22. The number of aryl methyl sites for hydroxylation is 1. The molecule has 4 nitrogen and oxygen atoms in total. The number of nitrogens with one attached hydrogen (secondary N) is 1. The van der Waals surface area contributed by atoms with Gasteiger partial charge in [-0.25, -0.2) is 0 Å². The first-order chi connectivity index (χ1) is 9.33. The van der Waals surface area contributed by atoms with E-state index in [1.54, 1.807) is 0 Å². The van der Waals surface area contributed by atoms with E-state index in [1.807, 2.05) is 35.1 Å². The van der Waals surface area contributed by atoms with Gasteiger partial charge in [-0.15, -0.1) is 0 Å². The molecule has 102 valence electrons. The average Bonchev–Trinajstić information content (AvgIpc) is 2.92. The smallest absolute Gasteiger partial charge is 0.0588 e. The van der Waals surface area contributed by atoms with Gasteiger partial charge in [0.15, 0.2) is 0 Å². The first kappa shape index (κ1) is 13.8. The number of aromatic nitrogens is 2. The Morgan fingerprint density at radius 2 is 2.05 bits per heavy atom. The van der Waals surface area contributed by atoms with Crippen LogP contribution in [0.3, 0.4) is 0 Å². The molecule has 1 aromatic heterocycles. The van der Waals surface area contributed by atoms with Gasteiger partial charge in [-0.1, -0.05) is 30.3 Å². The summed E-state index contributed by atoms with van der Waals surface area (Å²) in [5.41, 5.74) is 2.38. The van der Waals surface area contributed by atoms with Gasteiger partial charge in [0.1, 0.15) is 0 Å². The molecule has 0 aliphatic rings. The molecule has 0 spiro atoms. The van der Waals surface area contributed by atoms with Crippen LogP contribution in [0.1, 0.15) is 18.2 Å². The molecule has 2 N–H and O–H groups in total. The molecule has 1 unspecified atom stereocenters. The number of aliphatic hydroxyl groups is 1. The minimum Gasteiger partial charge on any atom is -0.395 e. The first-order valence-corrected chi connectivity index (χ1v) is 6.72. The third-order valence-electron chi connectivity index (χ3n) is 3.22. The van der Waals surface area contributed by atoms with Crippen LogP contribution in [-0.2, 0) is 19.5 Å². The number of hydrogen-bond donors (Lipinski definition) is 2. The van der Waals surface area contributed by atoms with Crippen molar-refractivity contribution in [3.05, 3.63) is 53.9 Å². The monoisotopic (exact) mass is 259 g/mol. The predicted octanol–water partition coefficient (Wildman–Crippen LogP) is 1.60. The molecule has 2 rings (SSSR count). The largest absolute Gasteiger partial charge is 0.395 e. The maximum atomic E-state index is 9.46. The zero-order chi connectivity index (χ0) is 13.5. The summed E-state index contributed by atoms with van der Waals surface area (Å²) in [7, 11) is 0. The van der Waals surface area contributed by atoms with E-state index in [0.717, 1.165) is 25.2 Å². The highest BCUT2D eigenvalue weighted by atomic mass is 16.3. The number of rotatable bonds is 7. The van der Waals surface area contributed by atoms with Gasteiger partial charge in [-0.05, 0) is 25.0 Å². The summed E-state index contributed by atoms with van der Waals surface area (Å²) >= 11 is 0. The lowest BCUT2D eigenvalue weighted by Gasteiger charge is -2.16. The summed E-state index contributed by atoms with van der Waals surface area (Å²) in [5.74, 6) is 0. The van der Waals surface area contributed by atoms with Gasteiger partial charge < -0.3 is 10.4 Å². The quantitative estimate of drug-likeness (QED) is 0.794. The Kier molecular flexibility index (Phi) is 5.12. The second kappa shape index (κ2) is 7.07. The molecule has 4 heteroatoms. The summed E-state index contributed by atoms with van der Waals surface area (Å²) in [4.78, 5) is 0. The van der Waals surface area contributed by atoms with E-state index in [2.05, 4.69) is 29.5 Å². The van der Waals surface area contributed by atoms with Gasteiger partial charge in [0.05, 0.1) is 12.3 Å². The van der Waals surface area contributed by atoms with Crippen molar-refractivity contribution in [2.24, 2.45) is 0 Å². The van der Waals surface area contributed by atoms with Crippen LogP contribution in [0.4, 0.5) is 0 Å². The fourth-order valence-corrected chi connectivity index (χ4v) is 2.14. The van der Waals surface area contributed by atoms with Crippen LogP contribution in [0.25, 0.3) is 0 Å². The first-order valence-electron chi connectivity index (χ1n) is 6.72. The van der Waals surface area contributed by atoms with Crippen LogP contribution in [-0.4, -0.2) is 27.5 Å². The minimum atomic E-state index is 0.0719. The van der Waals surface area contributed by atoms with Crippen molar-refractivity contribution in [2.75, 3.05) is 6.61 Å². The van der Waals surface area contributed by atoms with Crippen molar-refractivity contribution in [1.29, 1.82) is 0 Å². The predicted molar refractivity (Wildman–Crippen MR) is 75.8 cm³/mol. The van der Waals surface area contributed by atoms with Gasteiger partial charge in [0.25, 0.3) is 0 Å². The Morgan fingerprint density at radius 3 is 2.74 bits per heavy atom. The van der Waals surface area contributed by atoms with Crippen LogP contribution >= 0.6 is 0 Å². The molecule has 1 aromatic carbocycles. The molecule has 0 saturated carbocycles.